The molecular weight excluding hydrogens is 400 g/mol. The monoisotopic (exact) mass is 430 g/mol. The van der Waals surface area contributed by atoms with Gasteiger partial charge in [0, 0.05) is 38.8 Å². The molecule has 166 valence electrons. The summed E-state index contributed by atoms with van der Waals surface area (Å²) in [5.74, 6) is 1.78. The molecule has 1 aliphatic carbocycles. The molecule has 32 heavy (non-hydrogen) atoms. The second kappa shape index (κ2) is 8.13. The largest absolute Gasteiger partial charge is 0.618 e. The van der Waals surface area contributed by atoms with Crippen molar-refractivity contribution in [3.8, 4) is 0 Å². The van der Waals surface area contributed by atoms with Crippen LogP contribution in [0.3, 0.4) is 0 Å². The van der Waals surface area contributed by atoms with Gasteiger partial charge in [0.25, 0.3) is 5.69 Å². The van der Waals surface area contributed by atoms with Crippen LogP contribution in [0.1, 0.15) is 43.4 Å². The van der Waals surface area contributed by atoms with Crippen molar-refractivity contribution in [1.29, 1.82) is 0 Å². The topological polar surface area (TPSA) is 62.8 Å². The Morgan fingerprint density at radius 2 is 1.78 bits per heavy atom. The molecule has 0 radical (unpaired) electrons. The minimum atomic E-state index is 0.654. The fourth-order valence-electron chi connectivity index (χ4n) is 5.59. The number of anilines is 2. The molecule has 0 bridgehead atoms. The summed E-state index contributed by atoms with van der Waals surface area (Å²) in [5, 5.41) is 16.4. The summed E-state index contributed by atoms with van der Waals surface area (Å²) < 4.78 is 3.01. The fourth-order valence-corrected chi connectivity index (χ4v) is 5.59. The second-order valence-electron chi connectivity index (χ2n) is 9.16. The smallest absolute Gasteiger partial charge is 0.265 e. The van der Waals surface area contributed by atoms with Crippen LogP contribution in [0.5, 0.6) is 0 Å². The second-order valence-corrected chi connectivity index (χ2v) is 9.16. The van der Waals surface area contributed by atoms with Gasteiger partial charge in [-0.05, 0) is 18.4 Å². The number of benzene rings is 1. The number of fused-ring (bicyclic) bond motifs is 3. The molecule has 6 rings (SSSR count). The zero-order valence-corrected chi connectivity index (χ0v) is 18.4. The van der Waals surface area contributed by atoms with Crippen LogP contribution in [0.25, 0.3) is 11.2 Å². The molecule has 2 aromatic heterocycles. The molecule has 1 saturated heterocycles. The molecule has 7 nitrogen and oxygen atoms in total. The van der Waals surface area contributed by atoms with E-state index in [1.54, 1.807) is 6.20 Å². The van der Waals surface area contributed by atoms with Gasteiger partial charge in [-0.15, -0.1) is 0 Å². The van der Waals surface area contributed by atoms with E-state index in [2.05, 4.69) is 39.5 Å². The van der Waals surface area contributed by atoms with Gasteiger partial charge in [-0.25, -0.2) is 4.98 Å². The van der Waals surface area contributed by atoms with E-state index >= 15 is 0 Å². The normalized spacial score (nSPS) is 20.1. The molecule has 0 atom stereocenters. The molecule has 3 aromatic rings. The molecule has 2 fully saturated rings. The third kappa shape index (κ3) is 3.41. The van der Waals surface area contributed by atoms with E-state index in [-0.39, 0.29) is 0 Å². The van der Waals surface area contributed by atoms with E-state index < -0.39 is 0 Å². The Morgan fingerprint density at radius 1 is 1.00 bits per heavy atom. The lowest BCUT2D eigenvalue weighted by Crippen LogP contribution is -2.51. The summed E-state index contributed by atoms with van der Waals surface area (Å²) in [4.78, 5) is 9.87. The van der Waals surface area contributed by atoms with Gasteiger partial charge in [0.2, 0.25) is 11.8 Å². The number of piperazine rings is 1. The van der Waals surface area contributed by atoms with Crippen molar-refractivity contribution < 1.29 is 4.73 Å². The van der Waals surface area contributed by atoms with Crippen LogP contribution in [0, 0.1) is 5.21 Å². The van der Waals surface area contributed by atoms with Crippen LogP contribution >= 0.6 is 0 Å². The number of nitrogens with zero attached hydrogens (tertiary/aromatic N) is 5. The van der Waals surface area contributed by atoms with E-state index in [9.17, 15) is 5.21 Å². The quantitative estimate of drug-likeness (QED) is 0.510. The highest BCUT2D eigenvalue weighted by molar-refractivity contribution is 5.84. The van der Waals surface area contributed by atoms with Gasteiger partial charge in [0.05, 0.1) is 11.8 Å². The average molecular weight is 431 g/mol. The molecule has 7 heteroatoms. The van der Waals surface area contributed by atoms with E-state index in [0.717, 1.165) is 59.7 Å². The first kappa shape index (κ1) is 19.6. The highest BCUT2D eigenvalue weighted by Crippen LogP contribution is 2.32. The molecule has 1 aromatic carbocycles. The first-order chi connectivity index (χ1) is 15.8. The number of hydrogen-bond acceptors (Lipinski definition) is 5. The third-order valence-corrected chi connectivity index (χ3v) is 7.28. The predicted octanol–water partition coefficient (Wildman–Crippen LogP) is 3.28. The molecule has 0 spiro atoms. The Hall–Kier alpha value is -3.06. The van der Waals surface area contributed by atoms with Crippen molar-refractivity contribution in [3.05, 3.63) is 65.3 Å². The van der Waals surface area contributed by atoms with Gasteiger partial charge < -0.3 is 15.4 Å². The van der Waals surface area contributed by atoms with Crippen LogP contribution in [0.2, 0.25) is 0 Å². The number of nitrogens with one attached hydrogen (secondary N) is 1. The molecule has 3 aliphatic rings. The van der Waals surface area contributed by atoms with Crippen LogP contribution in [0.4, 0.5) is 11.6 Å². The van der Waals surface area contributed by atoms with Gasteiger partial charge in [0.1, 0.15) is 5.82 Å². The maximum absolute atomic E-state index is 13.0. The zero-order valence-electron chi connectivity index (χ0n) is 18.4. The molecule has 0 amide bonds. The van der Waals surface area contributed by atoms with Crippen molar-refractivity contribution in [3.63, 3.8) is 0 Å². The van der Waals surface area contributed by atoms with E-state index in [4.69, 9.17) is 4.98 Å². The van der Waals surface area contributed by atoms with E-state index in [0.29, 0.717) is 17.9 Å². The van der Waals surface area contributed by atoms with Gasteiger partial charge in [0.15, 0.2) is 5.82 Å². The molecular formula is C25H30N6O. The summed E-state index contributed by atoms with van der Waals surface area (Å²) in [6.45, 7) is 4.85. The zero-order chi connectivity index (χ0) is 21.5. The average Bonchev–Trinajstić information content (AvgIpc) is 3.29. The molecule has 1 saturated carbocycles. The lowest BCUT2D eigenvalue weighted by molar-refractivity contribution is -0.606. The minimum Gasteiger partial charge on any atom is -0.618 e. The fraction of sp³-hybridized carbons (Fsp3) is 0.440. The van der Waals surface area contributed by atoms with Crippen LogP contribution < -0.4 is 14.9 Å². The first-order valence-corrected chi connectivity index (χ1v) is 11.9. The van der Waals surface area contributed by atoms with Gasteiger partial charge in [-0.2, -0.15) is 4.73 Å². The number of rotatable bonds is 3. The lowest BCUT2D eigenvalue weighted by atomic mass is 9.94. The van der Waals surface area contributed by atoms with Gasteiger partial charge >= 0.3 is 0 Å². The van der Waals surface area contributed by atoms with Gasteiger partial charge in [-0.3, -0.25) is 9.30 Å². The number of aromatic nitrogens is 3. The molecule has 1 N–H and O–H groups in total. The Kier molecular flexibility index (Phi) is 4.98. The molecule has 2 aliphatic heterocycles. The summed E-state index contributed by atoms with van der Waals surface area (Å²) in [6, 6.07) is 10.9. The highest BCUT2D eigenvalue weighted by Gasteiger charge is 2.29. The maximum atomic E-state index is 13.0. The predicted molar refractivity (Wildman–Crippen MR) is 127 cm³/mol. The Balaban J connectivity index is 1.28. The molecule has 4 heterocycles. The standard InChI is InChI=1S/C25H30N6O/c32-31-18-23-27-22(29-15-13-28(14-16-29)20-9-5-2-6-10-20)17-30(23)25-24(31)21(11-12-26-25)19-7-3-1-4-8-19/h1,3-4,7-8,11,17-18,20,26H,2,5-6,9-10,12-16H2. The lowest BCUT2D eigenvalue weighted by Gasteiger charge is -2.40. The van der Waals surface area contributed by atoms with Crippen LogP contribution in [0.15, 0.2) is 48.8 Å². The summed E-state index contributed by atoms with van der Waals surface area (Å²) in [7, 11) is 0. The maximum Gasteiger partial charge on any atom is 0.265 e. The Labute approximate surface area is 188 Å². The molecule has 0 unspecified atom stereocenters. The van der Waals surface area contributed by atoms with Crippen molar-refractivity contribution in [2.45, 2.75) is 38.1 Å². The highest BCUT2D eigenvalue weighted by atomic mass is 16.5. The SMILES string of the molecule is [O-][n+]1cc2nc(N3CCN(C4CCCCC4)CC3)cn2c2c1C(c1ccccc1)=CCN2. The van der Waals surface area contributed by atoms with Crippen LogP contribution in [-0.4, -0.2) is 53.1 Å². The van der Waals surface area contributed by atoms with Crippen molar-refractivity contribution in [1.82, 2.24) is 14.3 Å². The van der Waals surface area contributed by atoms with Gasteiger partial charge in [-0.1, -0.05) is 55.7 Å². The van der Waals surface area contributed by atoms with E-state index in [1.807, 2.05) is 22.6 Å². The van der Waals surface area contributed by atoms with Crippen molar-refractivity contribution in [2.75, 3.05) is 42.9 Å². The Bertz CT molecular complexity index is 1140. The summed E-state index contributed by atoms with van der Waals surface area (Å²) in [6.07, 6.45) is 12.6. The number of imidazole rings is 1. The van der Waals surface area contributed by atoms with E-state index in [1.165, 1.54) is 32.1 Å². The Morgan fingerprint density at radius 3 is 2.56 bits per heavy atom. The third-order valence-electron chi connectivity index (χ3n) is 7.28. The minimum absolute atomic E-state index is 0.654. The summed E-state index contributed by atoms with van der Waals surface area (Å²) >= 11 is 0. The number of hydrogen-bond donors (Lipinski definition) is 1. The van der Waals surface area contributed by atoms with Crippen molar-refractivity contribution in [2.24, 2.45) is 0 Å². The van der Waals surface area contributed by atoms with Crippen molar-refractivity contribution >= 4 is 22.9 Å². The summed E-state index contributed by atoms with van der Waals surface area (Å²) in [5.41, 5.74) is 3.36. The first-order valence-electron chi connectivity index (χ1n) is 11.9. The van der Waals surface area contributed by atoms with Crippen LogP contribution in [-0.2, 0) is 0 Å².